The molecule has 0 bridgehead atoms. The van der Waals surface area contributed by atoms with Gasteiger partial charge in [-0.3, -0.25) is 4.79 Å². The molecule has 1 amide bonds. The Kier molecular flexibility index (Phi) is 11.5. The van der Waals surface area contributed by atoms with E-state index in [4.69, 9.17) is 16.3 Å². The standard InChI is InChI=1S/C24H37BrClNO2/c1-18-17-21(23(25)19(2)24(18)26)29-16-12-15-22(28)27-20-13-10-8-6-4-3-5-7-9-11-14-20/h17,20H,3-16H2,1-2H3,(H,27,28). The van der Waals surface area contributed by atoms with E-state index in [2.05, 4.69) is 21.2 Å². The number of ether oxygens (including phenoxy) is 1. The second kappa shape index (κ2) is 13.5. The molecule has 1 N–H and O–H groups in total. The largest absolute Gasteiger partial charge is 0.492 e. The quantitative estimate of drug-likeness (QED) is 0.419. The zero-order chi connectivity index (χ0) is 21.1. The molecule has 2 rings (SSSR count). The van der Waals surface area contributed by atoms with Gasteiger partial charge in [-0.25, -0.2) is 0 Å². The number of carbonyl (C=O) groups excluding carboxylic acids is 1. The molecule has 0 aliphatic heterocycles. The van der Waals surface area contributed by atoms with Crippen LogP contribution < -0.4 is 10.1 Å². The fraction of sp³-hybridized carbons (Fsp3) is 0.708. The van der Waals surface area contributed by atoms with Crippen LogP contribution in [0.3, 0.4) is 0 Å². The number of carbonyl (C=O) groups is 1. The molecule has 0 spiro atoms. The molecule has 3 nitrogen and oxygen atoms in total. The average Bonchev–Trinajstić information content (AvgIpc) is 2.69. The summed E-state index contributed by atoms with van der Waals surface area (Å²) >= 11 is 9.83. The number of amides is 1. The maximum atomic E-state index is 12.4. The first-order chi connectivity index (χ1) is 14.0. The number of rotatable bonds is 6. The molecular formula is C24H37BrClNO2. The lowest BCUT2D eigenvalue weighted by Crippen LogP contribution is -2.35. The maximum Gasteiger partial charge on any atom is 0.220 e. The van der Waals surface area contributed by atoms with Crippen LogP contribution in [0.5, 0.6) is 5.75 Å². The van der Waals surface area contributed by atoms with E-state index in [-0.39, 0.29) is 5.91 Å². The van der Waals surface area contributed by atoms with Crippen LogP contribution >= 0.6 is 27.5 Å². The molecule has 29 heavy (non-hydrogen) atoms. The van der Waals surface area contributed by atoms with E-state index in [0.29, 0.717) is 25.5 Å². The SMILES string of the molecule is Cc1cc(OCCCC(=O)NC2CCCCCCCCCCC2)c(Br)c(C)c1Cl. The minimum Gasteiger partial charge on any atom is -0.492 e. The highest BCUT2D eigenvalue weighted by Gasteiger charge is 2.14. The van der Waals surface area contributed by atoms with Crippen molar-refractivity contribution in [3.63, 3.8) is 0 Å². The molecule has 0 saturated heterocycles. The first-order valence-corrected chi connectivity index (χ1v) is 12.5. The van der Waals surface area contributed by atoms with Gasteiger partial charge in [0.05, 0.1) is 11.1 Å². The number of hydrogen-bond donors (Lipinski definition) is 1. The molecule has 1 aliphatic carbocycles. The minimum atomic E-state index is 0.160. The first-order valence-electron chi connectivity index (χ1n) is 11.4. The Morgan fingerprint density at radius 3 is 2.21 bits per heavy atom. The maximum absolute atomic E-state index is 12.4. The molecule has 0 aromatic heterocycles. The second-order valence-corrected chi connectivity index (χ2v) is 9.59. The Labute approximate surface area is 190 Å². The predicted molar refractivity (Wildman–Crippen MR) is 126 cm³/mol. The van der Waals surface area contributed by atoms with E-state index >= 15 is 0 Å². The Balaban J connectivity index is 1.72. The Morgan fingerprint density at radius 1 is 1.07 bits per heavy atom. The van der Waals surface area contributed by atoms with Crippen LogP contribution in [0.15, 0.2) is 10.5 Å². The lowest BCUT2D eigenvalue weighted by molar-refractivity contribution is -0.122. The molecular weight excluding hydrogens is 450 g/mol. The van der Waals surface area contributed by atoms with Crippen molar-refractivity contribution in [3.8, 4) is 5.75 Å². The van der Waals surface area contributed by atoms with Crippen LogP contribution in [-0.4, -0.2) is 18.6 Å². The zero-order valence-corrected chi connectivity index (χ0v) is 20.5. The summed E-state index contributed by atoms with van der Waals surface area (Å²) in [6.07, 6.45) is 15.4. The normalized spacial score (nSPS) is 17.2. The highest BCUT2D eigenvalue weighted by atomic mass is 79.9. The molecule has 0 heterocycles. The Hall–Kier alpha value is -0.740. The summed E-state index contributed by atoms with van der Waals surface area (Å²) in [7, 11) is 0. The molecule has 164 valence electrons. The predicted octanol–water partition coefficient (Wildman–Crippen LogP) is 7.67. The summed E-state index contributed by atoms with van der Waals surface area (Å²) in [5.41, 5.74) is 1.99. The monoisotopic (exact) mass is 485 g/mol. The van der Waals surface area contributed by atoms with Crippen molar-refractivity contribution in [1.82, 2.24) is 5.32 Å². The molecule has 0 radical (unpaired) electrons. The van der Waals surface area contributed by atoms with Crippen LogP contribution in [0.1, 0.15) is 94.6 Å². The van der Waals surface area contributed by atoms with E-state index in [0.717, 1.165) is 39.2 Å². The van der Waals surface area contributed by atoms with Crippen LogP contribution in [0, 0.1) is 13.8 Å². The first kappa shape index (κ1) is 24.5. The summed E-state index contributed by atoms with van der Waals surface area (Å²) < 4.78 is 6.80. The summed E-state index contributed by atoms with van der Waals surface area (Å²) in [4.78, 5) is 12.4. The number of aryl methyl sites for hydroxylation is 1. The van der Waals surface area contributed by atoms with Crippen molar-refractivity contribution in [1.29, 1.82) is 0 Å². The summed E-state index contributed by atoms with van der Waals surface area (Å²) in [5, 5.41) is 4.05. The lowest BCUT2D eigenvalue weighted by Gasteiger charge is -2.20. The van der Waals surface area contributed by atoms with E-state index < -0.39 is 0 Å². The van der Waals surface area contributed by atoms with Crippen molar-refractivity contribution < 1.29 is 9.53 Å². The van der Waals surface area contributed by atoms with Gasteiger partial charge in [-0.1, -0.05) is 69.4 Å². The molecule has 1 aliphatic rings. The fourth-order valence-corrected chi connectivity index (χ4v) is 4.72. The Bertz CT molecular complexity index is 638. The number of benzene rings is 1. The molecule has 0 atom stereocenters. The van der Waals surface area contributed by atoms with E-state index in [1.807, 2.05) is 19.9 Å². The van der Waals surface area contributed by atoms with Crippen molar-refractivity contribution in [3.05, 3.63) is 26.7 Å². The van der Waals surface area contributed by atoms with Gasteiger partial charge in [0.15, 0.2) is 0 Å². The third-order valence-electron chi connectivity index (χ3n) is 5.84. The molecule has 1 aromatic rings. The lowest BCUT2D eigenvalue weighted by atomic mass is 9.98. The van der Waals surface area contributed by atoms with Gasteiger partial charge in [0, 0.05) is 17.5 Å². The number of hydrogen-bond acceptors (Lipinski definition) is 2. The topological polar surface area (TPSA) is 38.3 Å². The summed E-state index contributed by atoms with van der Waals surface area (Å²) in [5.74, 6) is 0.956. The van der Waals surface area contributed by atoms with Crippen LogP contribution in [0.4, 0.5) is 0 Å². The average molecular weight is 487 g/mol. The molecule has 0 unspecified atom stereocenters. The molecule has 1 fully saturated rings. The second-order valence-electron chi connectivity index (χ2n) is 8.42. The third kappa shape index (κ3) is 8.88. The van der Waals surface area contributed by atoms with Crippen LogP contribution in [0.2, 0.25) is 5.02 Å². The smallest absolute Gasteiger partial charge is 0.220 e. The number of nitrogens with one attached hydrogen (secondary N) is 1. The molecule has 5 heteroatoms. The van der Waals surface area contributed by atoms with E-state index in [1.54, 1.807) is 0 Å². The van der Waals surface area contributed by atoms with Gasteiger partial charge in [-0.15, -0.1) is 0 Å². The summed E-state index contributed by atoms with van der Waals surface area (Å²) in [6.45, 7) is 4.48. The van der Waals surface area contributed by atoms with Gasteiger partial charge in [-0.05, 0) is 66.2 Å². The molecule has 1 saturated carbocycles. The highest BCUT2D eigenvalue weighted by molar-refractivity contribution is 9.10. The van der Waals surface area contributed by atoms with E-state index in [1.165, 1.54) is 57.8 Å². The van der Waals surface area contributed by atoms with Crippen LogP contribution in [-0.2, 0) is 4.79 Å². The van der Waals surface area contributed by atoms with Gasteiger partial charge in [-0.2, -0.15) is 0 Å². The van der Waals surface area contributed by atoms with Crippen molar-refractivity contribution in [2.75, 3.05) is 6.61 Å². The molecule has 1 aromatic carbocycles. The van der Waals surface area contributed by atoms with Crippen LogP contribution in [0.25, 0.3) is 0 Å². The zero-order valence-electron chi connectivity index (χ0n) is 18.1. The Morgan fingerprint density at radius 2 is 1.62 bits per heavy atom. The van der Waals surface area contributed by atoms with Gasteiger partial charge < -0.3 is 10.1 Å². The fourth-order valence-electron chi connectivity index (χ4n) is 4.03. The van der Waals surface area contributed by atoms with Crippen molar-refractivity contribution in [2.45, 2.75) is 103 Å². The van der Waals surface area contributed by atoms with Gasteiger partial charge in [0.1, 0.15) is 5.75 Å². The van der Waals surface area contributed by atoms with Gasteiger partial charge in [0.25, 0.3) is 0 Å². The van der Waals surface area contributed by atoms with Crippen molar-refractivity contribution in [2.24, 2.45) is 0 Å². The minimum absolute atomic E-state index is 0.160. The number of halogens is 2. The third-order valence-corrected chi connectivity index (χ3v) is 7.41. The summed E-state index contributed by atoms with van der Waals surface area (Å²) in [6, 6.07) is 2.29. The van der Waals surface area contributed by atoms with Crippen molar-refractivity contribution >= 4 is 33.4 Å². The highest BCUT2D eigenvalue weighted by Crippen LogP contribution is 2.35. The van der Waals surface area contributed by atoms with Gasteiger partial charge >= 0.3 is 0 Å². The van der Waals surface area contributed by atoms with Gasteiger partial charge in [0.2, 0.25) is 5.91 Å². The van der Waals surface area contributed by atoms with E-state index in [9.17, 15) is 4.79 Å².